The highest BCUT2D eigenvalue weighted by Crippen LogP contribution is 2.23. The summed E-state index contributed by atoms with van der Waals surface area (Å²) in [7, 11) is 1.99. The molecule has 4 heteroatoms. The lowest BCUT2D eigenvalue weighted by Crippen LogP contribution is -2.13. The summed E-state index contributed by atoms with van der Waals surface area (Å²) in [6, 6.07) is 10.4. The van der Waals surface area contributed by atoms with E-state index in [-0.39, 0.29) is 0 Å². The minimum atomic E-state index is 0.355. The quantitative estimate of drug-likeness (QED) is 0.914. The van der Waals surface area contributed by atoms with Crippen molar-refractivity contribution in [3.05, 3.63) is 47.9 Å². The van der Waals surface area contributed by atoms with E-state index in [2.05, 4.69) is 48.1 Å². The van der Waals surface area contributed by atoms with E-state index in [9.17, 15) is 0 Å². The molecule has 2 rings (SSSR count). The van der Waals surface area contributed by atoms with Crippen LogP contribution >= 0.6 is 0 Å². The Morgan fingerprint density at radius 1 is 1.16 bits per heavy atom. The third kappa shape index (κ3) is 3.09. The van der Waals surface area contributed by atoms with E-state index >= 15 is 0 Å². The maximum atomic E-state index is 5.57. The summed E-state index contributed by atoms with van der Waals surface area (Å²) in [6.45, 7) is 4.74. The highest BCUT2D eigenvalue weighted by Gasteiger charge is 2.07. The highest BCUT2D eigenvalue weighted by atomic mass is 15.2. The molecule has 2 aromatic rings. The molecule has 0 fully saturated rings. The van der Waals surface area contributed by atoms with Gasteiger partial charge in [-0.15, -0.1) is 0 Å². The number of hydrogen-bond acceptors (Lipinski definition) is 4. The number of nitrogens with two attached hydrogens (primary N) is 1. The number of nitrogens with zero attached hydrogens (tertiary/aromatic N) is 3. The maximum Gasteiger partial charge on any atom is 0.144 e. The Labute approximate surface area is 114 Å². The Morgan fingerprint density at radius 2 is 1.84 bits per heavy atom. The second kappa shape index (κ2) is 5.80. The highest BCUT2D eigenvalue weighted by molar-refractivity contribution is 5.59. The second-order valence-corrected chi connectivity index (χ2v) is 4.84. The van der Waals surface area contributed by atoms with Crippen molar-refractivity contribution in [2.45, 2.75) is 26.3 Å². The molecule has 0 saturated carbocycles. The summed E-state index contributed by atoms with van der Waals surface area (Å²) in [5, 5.41) is 0. The van der Waals surface area contributed by atoms with Gasteiger partial charge in [-0.2, -0.15) is 0 Å². The fourth-order valence-corrected chi connectivity index (χ4v) is 1.89. The van der Waals surface area contributed by atoms with Gasteiger partial charge in [-0.25, -0.2) is 9.97 Å². The molecule has 0 aliphatic heterocycles. The third-order valence-electron chi connectivity index (χ3n) is 3.16. The molecule has 0 radical (unpaired) electrons. The van der Waals surface area contributed by atoms with Crippen LogP contribution in [0.3, 0.4) is 0 Å². The van der Waals surface area contributed by atoms with Crippen LogP contribution in [-0.4, -0.2) is 17.0 Å². The van der Waals surface area contributed by atoms with Crippen LogP contribution in [0.15, 0.2) is 36.5 Å². The first-order chi connectivity index (χ1) is 9.11. The lowest BCUT2D eigenvalue weighted by Gasteiger charge is -2.19. The lowest BCUT2D eigenvalue weighted by molar-refractivity contribution is 0.866. The topological polar surface area (TPSA) is 55.0 Å². The Morgan fingerprint density at radius 3 is 2.42 bits per heavy atom. The SMILES string of the molecule is CC(C)c1ccc(N(C)c2ccnc(CN)n2)cc1. The van der Waals surface area contributed by atoms with Crippen molar-refractivity contribution in [2.24, 2.45) is 5.73 Å². The molecule has 4 nitrogen and oxygen atoms in total. The zero-order valence-corrected chi connectivity index (χ0v) is 11.7. The van der Waals surface area contributed by atoms with Gasteiger partial charge >= 0.3 is 0 Å². The molecule has 0 bridgehead atoms. The van der Waals surface area contributed by atoms with Crippen molar-refractivity contribution in [1.29, 1.82) is 0 Å². The molecule has 2 N–H and O–H groups in total. The molecule has 0 amide bonds. The van der Waals surface area contributed by atoms with Crippen molar-refractivity contribution in [1.82, 2.24) is 9.97 Å². The van der Waals surface area contributed by atoms with E-state index in [1.54, 1.807) is 6.20 Å². The smallest absolute Gasteiger partial charge is 0.144 e. The Kier molecular flexibility index (Phi) is 4.12. The van der Waals surface area contributed by atoms with Crippen LogP contribution < -0.4 is 10.6 Å². The number of hydrogen-bond donors (Lipinski definition) is 1. The van der Waals surface area contributed by atoms with Gasteiger partial charge in [0.1, 0.15) is 11.6 Å². The van der Waals surface area contributed by atoms with E-state index in [0.29, 0.717) is 18.3 Å². The van der Waals surface area contributed by atoms with Crippen LogP contribution in [0.25, 0.3) is 0 Å². The van der Waals surface area contributed by atoms with Crippen molar-refractivity contribution < 1.29 is 0 Å². The molecule has 1 aromatic carbocycles. The van der Waals surface area contributed by atoms with Gasteiger partial charge < -0.3 is 10.6 Å². The van der Waals surface area contributed by atoms with Crippen LogP contribution in [0.1, 0.15) is 31.2 Å². The minimum absolute atomic E-state index is 0.355. The number of rotatable bonds is 4. The molecule has 0 aliphatic rings. The van der Waals surface area contributed by atoms with Crippen LogP contribution in [0, 0.1) is 0 Å². The first-order valence-corrected chi connectivity index (χ1v) is 6.47. The van der Waals surface area contributed by atoms with Gasteiger partial charge in [0.05, 0.1) is 6.54 Å². The molecule has 19 heavy (non-hydrogen) atoms. The van der Waals surface area contributed by atoms with Crippen molar-refractivity contribution >= 4 is 11.5 Å². The predicted octanol–water partition coefficient (Wildman–Crippen LogP) is 2.83. The van der Waals surface area contributed by atoms with Crippen molar-refractivity contribution in [3.8, 4) is 0 Å². The lowest BCUT2D eigenvalue weighted by atomic mass is 10.0. The van der Waals surface area contributed by atoms with Crippen LogP contribution in [0.5, 0.6) is 0 Å². The summed E-state index contributed by atoms with van der Waals surface area (Å²) in [5.74, 6) is 2.05. The van der Waals surface area contributed by atoms with Gasteiger partial charge in [-0.05, 0) is 29.7 Å². The predicted molar refractivity (Wildman–Crippen MR) is 78.5 cm³/mol. The van der Waals surface area contributed by atoms with Crippen LogP contribution in [-0.2, 0) is 6.54 Å². The van der Waals surface area contributed by atoms with E-state index in [0.717, 1.165) is 11.5 Å². The standard InChI is InChI=1S/C15H20N4/c1-11(2)12-4-6-13(7-5-12)19(3)15-8-9-17-14(10-16)18-15/h4-9,11H,10,16H2,1-3H3. The Balaban J connectivity index is 2.25. The molecule has 0 atom stereocenters. The first-order valence-electron chi connectivity index (χ1n) is 6.47. The van der Waals surface area contributed by atoms with Gasteiger partial charge in [-0.1, -0.05) is 26.0 Å². The summed E-state index contributed by atoms with van der Waals surface area (Å²) in [4.78, 5) is 10.6. The third-order valence-corrected chi connectivity index (χ3v) is 3.16. The van der Waals surface area contributed by atoms with Crippen LogP contribution in [0.2, 0.25) is 0 Å². The van der Waals surface area contributed by atoms with Crippen molar-refractivity contribution in [2.75, 3.05) is 11.9 Å². The second-order valence-electron chi connectivity index (χ2n) is 4.84. The fourth-order valence-electron chi connectivity index (χ4n) is 1.89. The van der Waals surface area contributed by atoms with Crippen LogP contribution in [0.4, 0.5) is 11.5 Å². The Bertz CT molecular complexity index is 534. The first kappa shape index (κ1) is 13.5. The molecule has 100 valence electrons. The van der Waals surface area contributed by atoms with E-state index in [1.165, 1.54) is 5.56 Å². The van der Waals surface area contributed by atoms with E-state index in [1.807, 2.05) is 18.0 Å². The average molecular weight is 256 g/mol. The molecular formula is C15H20N4. The molecular weight excluding hydrogens is 236 g/mol. The minimum Gasteiger partial charge on any atom is -0.329 e. The zero-order chi connectivity index (χ0) is 13.8. The number of benzene rings is 1. The summed E-state index contributed by atoms with van der Waals surface area (Å²) < 4.78 is 0. The molecule has 0 aliphatic carbocycles. The van der Waals surface area contributed by atoms with E-state index in [4.69, 9.17) is 5.73 Å². The summed E-state index contributed by atoms with van der Waals surface area (Å²) in [6.07, 6.45) is 1.74. The fraction of sp³-hybridized carbons (Fsp3) is 0.333. The monoisotopic (exact) mass is 256 g/mol. The summed E-state index contributed by atoms with van der Waals surface area (Å²) >= 11 is 0. The average Bonchev–Trinajstić information content (AvgIpc) is 2.46. The van der Waals surface area contributed by atoms with E-state index < -0.39 is 0 Å². The summed E-state index contributed by atoms with van der Waals surface area (Å²) in [5.41, 5.74) is 8.01. The molecule has 0 spiro atoms. The van der Waals surface area contributed by atoms with Gasteiger partial charge in [0.25, 0.3) is 0 Å². The Hall–Kier alpha value is -1.94. The largest absolute Gasteiger partial charge is 0.329 e. The maximum absolute atomic E-state index is 5.57. The number of aromatic nitrogens is 2. The molecule has 1 aromatic heterocycles. The molecule has 0 saturated heterocycles. The number of anilines is 2. The van der Waals surface area contributed by atoms with Crippen molar-refractivity contribution in [3.63, 3.8) is 0 Å². The van der Waals surface area contributed by atoms with Gasteiger partial charge in [0.2, 0.25) is 0 Å². The molecule has 0 unspecified atom stereocenters. The normalized spacial score (nSPS) is 10.8. The van der Waals surface area contributed by atoms with Gasteiger partial charge in [0.15, 0.2) is 0 Å². The zero-order valence-electron chi connectivity index (χ0n) is 11.7. The van der Waals surface area contributed by atoms with Gasteiger partial charge in [-0.3, -0.25) is 0 Å². The van der Waals surface area contributed by atoms with Gasteiger partial charge in [0, 0.05) is 18.9 Å². The molecule has 1 heterocycles.